The number of hydrogen-bond acceptors (Lipinski definition) is 4. The van der Waals surface area contributed by atoms with Gasteiger partial charge in [-0.2, -0.15) is 13.2 Å². The number of hydrogen-bond donors (Lipinski definition) is 2. The normalized spacial score (nSPS) is 12.2. The van der Waals surface area contributed by atoms with Crippen molar-refractivity contribution in [3.8, 4) is 0 Å². The zero-order valence-electron chi connectivity index (χ0n) is 10.7. The number of pyridine rings is 1. The summed E-state index contributed by atoms with van der Waals surface area (Å²) in [5.41, 5.74) is 7.47. The molecule has 20 heavy (non-hydrogen) atoms. The third-order valence-corrected chi connectivity index (χ3v) is 3.39. The second kappa shape index (κ2) is 6.01. The van der Waals surface area contributed by atoms with Crippen molar-refractivity contribution < 1.29 is 13.2 Å². The van der Waals surface area contributed by atoms with Crippen LogP contribution in [0.3, 0.4) is 0 Å². The summed E-state index contributed by atoms with van der Waals surface area (Å²) in [5, 5.41) is 0. The number of nitrogens with zero attached hydrogens (tertiary/aromatic N) is 3. The molecule has 2 N–H and O–H groups in total. The highest BCUT2D eigenvalue weighted by atomic mass is 32.1. The quantitative estimate of drug-likeness (QED) is 0.659. The van der Waals surface area contributed by atoms with Gasteiger partial charge < -0.3 is 5.73 Å². The smallest absolute Gasteiger partial charge is 0.325 e. The van der Waals surface area contributed by atoms with E-state index in [0.29, 0.717) is 36.6 Å². The minimum absolute atomic E-state index is 0.0853. The fourth-order valence-corrected chi connectivity index (χ4v) is 2.22. The monoisotopic (exact) mass is 304 g/mol. The average molecular weight is 304 g/mol. The van der Waals surface area contributed by atoms with Gasteiger partial charge in [-0.1, -0.05) is 12.8 Å². The number of alkyl halides is 3. The molecule has 2 rings (SSSR count). The summed E-state index contributed by atoms with van der Waals surface area (Å²) in [7, 11) is 0. The number of thiol groups is 1. The SMILES string of the molecule is NCc1ccc2c(n1)nc(CCCCC(F)(F)F)n2S. The van der Waals surface area contributed by atoms with Gasteiger partial charge in [0.2, 0.25) is 0 Å². The second-order valence-electron chi connectivity index (χ2n) is 4.51. The Morgan fingerprint density at radius 2 is 1.95 bits per heavy atom. The van der Waals surface area contributed by atoms with Gasteiger partial charge in [0.15, 0.2) is 5.65 Å². The Kier molecular flexibility index (Phi) is 4.54. The molecule has 0 unspecified atom stereocenters. The third-order valence-electron chi connectivity index (χ3n) is 2.94. The number of imidazole rings is 1. The van der Waals surface area contributed by atoms with E-state index in [1.165, 1.54) is 0 Å². The van der Waals surface area contributed by atoms with Crippen molar-refractivity contribution in [2.45, 2.75) is 38.4 Å². The van der Waals surface area contributed by atoms with Gasteiger partial charge in [0.05, 0.1) is 11.2 Å². The van der Waals surface area contributed by atoms with E-state index in [9.17, 15) is 13.2 Å². The van der Waals surface area contributed by atoms with Gasteiger partial charge in [-0.05, 0) is 25.0 Å². The number of nitrogens with two attached hydrogens (primary N) is 1. The molecule has 0 saturated carbocycles. The molecule has 0 saturated heterocycles. The Labute approximate surface area is 119 Å². The maximum absolute atomic E-state index is 12.1. The van der Waals surface area contributed by atoms with Gasteiger partial charge in [0, 0.05) is 19.4 Å². The van der Waals surface area contributed by atoms with Crippen LogP contribution in [0.1, 0.15) is 30.8 Å². The Hall–Kier alpha value is -1.28. The summed E-state index contributed by atoms with van der Waals surface area (Å²) in [6, 6.07) is 3.59. The van der Waals surface area contributed by atoms with Crippen LogP contribution in [0.2, 0.25) is 0 Å². The molecule has 2 aromatic heterocycles. The van der Waals surface area contributed by atoms with Crippen molar-refractivity contribution in [1.82, 2.24) is 13.9 Å². The summed E-state index contributed by atoms with van der Waals surface area (Å²) >= 11 is 4.30. The number of unbranched alkanes of at least 4 members (excludes halogenated alkanes) is 1. The molecule has 0 bridgehead atoms. The van der Waals surface area contributed by atoms with Crippen LogP contribution in [0.25, 0.3) is 11.2 Å². The molecule has 4 nitrogen and oxygen atoms in total. The molecular weight excluding hydrogens is 289 g/mol. The van der Waals surface area contributed by atoms with E-state index in [2.05, 4.69) is 22.8 Å². The maximum atomic E-state index is 12.1. The lowest BCUT2D eigenvalue weighted by Crippen LogP contribution is -2.06. The molecular formula is C12H15F3N4S. The van der Waals surface area contributed by atoms with Gasteiger partial charge >= 0.3 is 6.18 Å². The van der Waals surface area contributed by atoms with Crippen LogP contribution in [0.15, 0.2) is 12.1 Å². The van der Waals surface area contributed by atoms with Crippen LogP contribution in [0.5, 0.6) is 0 Å². The van der Waals surface area contributed by atoms with Crippen LogP contribution < -0.4 is 5.73 Å². The number of aromatic nitrogens is 3. The van der Waals surface area contributed by atoms with Gasteiger partial charge in [0.25, 0.3) is 0 Å². The fraction of sp³-hybridized carbons (Fsp3) is 0.500. The van der Waals surface area contributed by atoms with E-state index in [1.54, 1.807) is 10.0 Å². The summed E-state index contributed by atoms with van der Waals surface area (Å²) < 4.78 is 37.7. The molecule has 0 amide bonds. The molecule has 0 aliphatic carbocycles. The van der Waals surface area contributed by atoms with Gasteiger partial charge in [-0.3, -0.25) is 3.97 Å². The van der Waals surface area contributed by atoms with Crippen LogP contribution in [-0.4, -0.2) is 20.1 Å². The highest BCUT2D eigenvalue weighted by Crippen LogP contribution is 2.23. The molecule has 0 aliphatic heterocycles. The van der Waals surface area contributed by atoms with E-state index in [1.807, 2.05) is 6.07 Å². The first-order chi connectivity index (χ1) is 9.40. The Balaban J connectivity index is 2.05. The topological polar surface area (TPSA) is 56.7 Å². The summed E-state index contributed by atoms with van der Waals surface area (Å²) in [6.07, 6.45) is -3.93. The van der Waals surface area contributed by atoms with Crippen molar-refractivity contribution in [3.05, 3.63) is 23.7 Å². The highest BCUT2D eigenvalue weighted by molar-refractivity contribution is 7.78. The maximum Gasteiger partial charge on any atom is 0.389 e. The second-order valence-corrected chi connectivity index (χ2v) is 4.91. The average Bonchev–Trinajstić information content (AvgIpc) is 2.70. The van der Waals surface area contributed by atoms with Gasteiger partial charge in [-0.25, -0.2) is 9.97 Å². The van der Waals surface area contributed by atoms with Crippen LogP contribution in [0, 0.1) is 0 Å². The van der Waals surface area contributed by atoms with Crippen LogP contribution >= 0.6 is 12.8 Å². The molecule has 2 aromatic rings. The predicted octanol–water partition coefficient (Wildman–Crippen LogP) is 2.86. The zero-order chi connectivity index (χ0) is 14.8. The number of rotatable bonds is 5. The van der Waals surface area contributed by atoms with E-state index in [4.69, 9.17) is 5.73 Å². The van der Waals surface area contributed by atoms with E-state index in [0.717, 1.165) is 5.52 Å². The zero-order valence-corrected chi connectivity index (χ0v) is 11.6. The Bertz CT molecular complexity index is 594. The minimum atomic E-state index is -4.10. The van der Waals surface area contributed by atoms with Gasteiger partial charge in [0.1, 0.15) is 5.82 Å². The summed E-state index contributed by atoms with van der Waals surface area (Å²) in [4.78, 5) is 8.55. The summed E-state index contributed by atoms with van der Waals surface area (Å²) in [5.74, 6) is 0.618. The minimum Gasteiger partial charge on any atom is -0.325 e. The van der Waals surface area contributed by atoms with Gasteiger partial charge in [-0.15, -0.1) is 0 Å². The van der Waals surface area contributed by atoms with Crippen molar-refractivity contribution in [1.29, 1.82) is 0 Å². The number of fused-ring (bicyclic) bond motifs is 1. The van der Waals surface area contributed by atoms with E-state index < -0.39 is 12.6 Å². The van der Waals surface area contributed by atoms with E-state index in [-0.39, 0.29) is 6.42 Å². The third kappa shape index (κ3) is 3.63. The number of halogens is 3. The summed E-state index contributed by atoms with van der Waals surface area (Å²) in [6.45, 7) is 0.316. The fourth-order valence-electron chi connectivity index (χ4n) is 1.92. The van der Waals surface area contributed by atoms with Crippen molar-refractivity contribution >= 4 is 24.0 Å². The molecule has 0 aliphatic rings. The molecule has 0 aromatic carbocycles. The number of aryl methyl sites for hydroxylation is 1. The first kappa shape index (κ1) is 15.1. The standard InChI is InChI=1S/C12H15F3N4S/c13-12(14,15)6-2-1-3-10-18-11-9(19(10)20)5-4-8(7-16)17-11/h4-5,20H,1-3,6-7,16H2. The highest BCUT2D eigenvalue weighted by Gasteiger charge is 2.26. The molecule has 0 fully saturated rings. The lowest BCUT2D eigenvalue weighted by atomic mass is 10.2. The molecule has 8 heteroatoms. The van der Waals surface area contributed by atoms with Crippen molar-refractivity contribution in [2.24, 2.45) is 5.73 Å². The van der Waals surface area contributed by atoms with Crippen molar-refractivity contribution in [3.63, 3.8) is 0 Å². The predicted molar refractivity (Wildman–Crippen MR) is 73.4 cm³/mol. The largest absolute Gasteiger partial charge is 0.389 e. The lowest BCUT2D eigenvalue weighted by molar-refractivity contribution is -0.135. The molecule has 0 radical (unpaired) electrons. The molecule has 110 valence electrons. The van der Waals surface area contributed by atoms with Crippen molar-refractivity contribution in [2.75, 3.05) is 0 Å². The molecule has 0 atom stereocenters. The van der Waals surface area contributed by atoms with E-state index >= 15 is 0 Å². The first-order valence-electron chi connectivity index (χ1n) is 6.24. The Morgan fingerprint density at radius 1 is 1.20 bits per heavy atom. The van der Waals surface area contributed by atoms with Crippen LogP contribution in [0.4, 0.5) is 13.2 Å². The Morgan fingerprint density at radius 3 is 2.60 bits per heavy atom. The molecule has 2 heterocycles. The first-order valence-corrected chi connectivity index (χ1v) is 6.64. The molecule has 0 spiro atoms. The lowest BCUT2D eigenvalue weighted by Gasteiger charge is -2.05. The van der Waals surface area contributed by atoms with Crippen LogP contribution in [-0.2, 0) is 13.0 Å².